The first kappa shape index (κ1) is 23.2. The normalized spacial score (nSPS) is 15.1. The first-order valence-corrected chi connectivity index (χ1v) is 11.7. The van der Waals surface area contributed by atoms with E-state index in [0.717, 1.165) is 30.6 Å². The van der Waals surface area contributed by atoms with E-state index in [0.29, 0.717) is 36.1 Å². The zero-order valence-corrected chi connectivity index (χ0v) is 19.7. The van der Waals surface area contributed by atoms with Gasteiger partial charge in [0, 0.05) is 43.0 Å². The topological polar surface area (TPSA) is 91.6 Å². The molecular weight excluding hydrogens is 440 g/mol. The van der Waals surface area contributed by atoms with Gasteiger partial charge < -0.3 is 15.5 Å². The second-order valence-electron chi connectivity index (χ2n) is 8.72. The Morgan fingerprint density at radius 2 is 1.97 bits per heavy atom. The molecule has 9 heteroatoms. The monoisotopic (exact) mass is 468 g/mol. The number of nitrogens with zero attached hydrogens (tertiary/aromatic N) is 4. The molecule has 1 aromatic carbocycles. The summed E-state index contributed by atoms with van der Waals surface area (Å²) >= 11 is 6.15. The molecule has 0 radical (unpaired) electrons. The SMILES string of the molecule is CC(C)CC[C@H](NC(=O)c1ccn2ncc(-c3cccc(Cl)c3)c2n1)C(=O)N1CCNCC1. The maximum Gasteiger partial charge on any atom is 0.270 e. The summed E-state index contributed by atoms with van der Waals surface area (Å²) in [5, 5.41) is 11.1. The van der Waals surface area contributed by atoms with Crippen LogP contribution in [0, 0.1) is 5.92 Å². The number of aromatic nitrogens is 3. The lowest BCUT2D eigenvalue weighted by atomic mass is 10.0. The molecule has 4 rings (SSSR count). The Morgan fingerprint density at radius 1 is 1.18 bits per heavy atom. The molecule has 2 N–H and O–H groups in total. The summed E-state index contributed by atoms with van der Waals surface area (Å²) in [6.07, 6.45) is 4.84. The van der Waals surface area contributed by atoms with E-state index in [4.69, 9.17) is 11.6 Å². The molecule has 174 valence electrons. The second-order valence-corrected chi connectivity index (χ2v) is 9.16. The van der Waals surface area contributed by atoms with Gasteiger partial charge >= 0.3 is 0 Å². The number of fused-ring (bicyclic) bond motifs is 1. The molecule has 8 nitrogen and oxygen atoms in total. The summed E-state index contributed by atoms with van der Waals surface area (Å²) < 4.78 is 1.62. The van der Waals surface area contributed by atoms with Gasteiger partial charge in [-0.2, -0.15) is 5.10 Å². The van der Waals surface area contributed by atoms with E-state index in [1.165, 1.54) is 0 Å². The van der Waals surface area contributed by atoms with Crippen molar-refractivity contribution in [2.45, 2.75) is 32.7 Å². The van der Waals surface area contributed by atoms with Crippen LogP contribution in [0.25, 0.3) is 16.8 Å². The third kappa shape index (κ3) is 5.51. The van der Waals surface area contributed by atoms with Crippen LogP contribution in [0.4, 0.5) is 0 Å². The Kier molecular flexibility index (Phi) is 7.25. The van der Waals surface area contributed by atoms with Crippen molar-refractivity contribution in [3.8, 4) is 11.1 Å². The van der Waals surface area contributed by atoms with Crippen molar-refractivity contribution in [1.29, 1.82) is 0 Å². The number of carbonyl (C=O) groups excluding carboxylic acids is 2. The Bertz CT molecular complexity index is 1140. The van der Waals surface area contributed by atoms with Crippen LogP contribution in [0.3, 0.4) is 0 Å². The molecule has 0 saturated carbocycles. The molecule has 0 spiro atoms. The fourth-order valence-corrected chi connectivity index (χ4v) is 4.14. The lowest BCUT2D eigenvalue weighted by molar-refractivity contribution is -0.134. The summed E-state index contributed by atoms with van der Waals surface area (Å²) in [6, 6.07) is 8.46. The molecule has 2 aromatic heterocycles. The predicted molar refractivity (Wildman–Crippen MR) is 128 cm³/mol. The van der Waals surface area contributed by atoms with Gasteiger partial charge in [-0.1, -0.05) is 37.6 Å². The molecule has 33 heavy (non-hydrogen) atoms. The summed E-state index contributed by atoms with van der Waals surface area (Å²) in [4.78, 5) is 32.7. The Morgan fingerprint density at radius 3 is 2.70 bits per heavy atom. The average molecular weight is 469 g/mol. The maximum absolute atomic E-state index is 13.2. The van der Waals surface area contributed by atoms with E-state index in [1.807, 2.05) is 23.1 Å². The predicted octanol–water partition coefficient (Wildman–Crippen LogP) is 3.02. The molecule has 0 unspecified atom stereocenters. The van der Waals surface area contributed by atoms with E-state index in [-0.39, 0.29) is 17.5 Å². The highest BCUT2D eigenvalue weighted by molar-refractivity contribution is 6.30. The van der Waals surface area contributed by atoms with Crippen LogP contribution in [0.2, 0.25) is 5.02 Å². The minimum Gasteiger partial charge on any atom is -0.339 e. The van der Waals surface area contributed by atoms with Gasteiger partial charge in [-0.05, 0) is 42.5 Å². The van der Waals surface area contributed by atoms with Gasteiger partial charge in [-0.25, -0.2) is 9.50 Å². The zero-order chi connectivity index (χ0) is 23.4. The number of rotatable bonds is 7. The summed E-state index contributed by atoms with van der Waals surface area (Å²) in [6.45, 7) is 7.05. The van der Waals surface area contributed by atoms with E-state index >= 15 is 0 Å². The van der Waals surface area contributed by atoms with Gasteiger partial charge in [0.15, 0.2) is 5.65 Å². The Hall–Kier alpha value is -2.97. The van der Waals surface area contributed by atoms with Crippen LogP contribution >= 0.6 is 11.6 Å². The van der Waals surface area contributed by atoms with Gasteiger partial charge in [0.2, 0.25) is 5.91 Å². The number of piperazine rings is 1. The van der Waals surface area contributed by atoms with Gasteiger partial charge in [0.05, 0.1) is 6.20 Å². The van der Waals surface area contributed by atoms with Crippen molar-refractivity contribution in [3.63, 3.8) is 0 Å². The Labute approximate surface area is 198 Å². The number of hydrogen-bond donors (Lipinski definition) is 2. The number of halogens is 1. The Balaban J connectivity index is 1.57. The van der Waals surface area contributed by atoms with Crippen LogP contribution < -0.4 is 10.6 Å². The minimum atomic E-state index is -0.576. The lowest BCUT2D eigenvalue weighted by Crippen LogP contribution is -2.54. The van der Waals surface area contributed by atoms with Crippen molar-refractivity contribution in [3.05, 3.63) is 53.4 Å². The molecule has 1 aliphatic rings. The van der Waals surface area contributed by atoms with Crippen molar-refractivity contribution < 1.29 is 9.59 Å². The zero-order valence-electron chi connectivity index (χ0n) is 18.9. The average Bonchev–Trinajstić information content (AvgIpc) is 3.25. The van der Waals surface area contributed by atoms with Crippen LogP contribution in [-0.2, 0) is 4.79 Å². The molecule has 1 aliphatic heterocycles. The molecule has 2 amide bonds. The van der Waals surface area contributed by atoms with Crippen molar-refractivity contribution in [2.75, 3.05) is 26.2 Å². The highest BCUT2D eigenvalue weighted by Crippen LogP contribution is 2.26. The molecule has 3 heterocycles. The smallest absolute Gasteiger partial charge is 0.270 e. The number of carbonyl (C=O) groups is 2. The second kappa shape index (κ2) is 10.3. The van der Waals surface area contributed by atoms with Crippen LogP contribution in [0.1, 0.15) is 37.2 Å². The van der Waals surface area contributed by atoms with E-state index < -0.39 is 6.04 Å². The standard InChI is InChI=1S/C24H29ClN6O2/c1-16(2)6-7-21(24(33)30-12-9-26-10-13-30)29-23(32)20-8-11-31-22(28-20)19(15-27-31)17-4-3-5-18(25)14-17/h3-5,8,11,14-16,21,26H,6-7,9-10,12-13H2,1-2H3,(H,29,32)/t21-/m0/s1. The number of nitrogens with one attached hydrogen (secondary N) is 2. The summed E-state index contributed by atoms with van der Waals surface area (Å²) in [7, 11) is 0. The largest absolute Gasteiger partial charge is 0.339 e. The van der Waals surface area contributed by atoms with E-state index in [2.05, 4.69) is 34.6 Å². The van der Waals surface area contributed by atoms with E-state index in [1.54, 1.807) is 29.0 Å². The first-order valence-electron chi connectivity index (χ1n) is 11.3. The third-order valence-corrected chi connectivity index (χ3v) is 6.04. The maximum atomic E-state index is 13.2. The quantitative estimate of drug-likeness (QED) is 0.556. The first-order chi connectivity index (χ1) is 15.9. The third-order valence-electron chi connectivity index (χ3n) is 5.80. The van der Waals surface area contributed by atoms with Crippen LogP contribution in [-0.4, -0.2) is 63.5 Å². The molecule has 3 aromatic rings. The van der Waals surface area contributed by atoms with Gasteiger partial charge in [0.1, 0.15) is 11.7 Å². The fourth-order valence-electron chi connectivity index (χ4n) is 3.95. The van der Waals surface area contributed by atoms with Gasteiger partial charge in [-0.15, -0.1) is 0 Å². The van der Waals surface area contributed by atoms with Gasteiger partial charge in [0.25, 0.3) is 5.91 Å². The number of amides is 2. The highest BCUT2D eigenvalue weighted by atomic mass is 35.5. The highest BCUT2D eigenvalue weighted by Gasteiger charge is 2.28. The van der Waals surface area contributed by atoms with E-state index in [9.17, 15) is 9.59 Å². The fraction of sp³-hybridized carbons (Fsp3) is 0.417. The van der Waals surface area contributed by atoms with Crippen molar-refractivity contribution >= 4 is 29.1 Å². The summed E-state index contributed by atoms with van der Waals surface area (Å²) in [5.41, 5.74) is 2.44. The van der Waals surface area contributed by atoms with Crippen molar-refractivity contribution in [1.82, 2.24) is 30.1 Å². The summed E-state index contributed by atoms with van der Waals surface area (Å²) in [5.74, 6) is 0.0327. The molecule has 1 saturated heterocycles. The molecule has 1 fully saturated rings. The van der Waals surface area contributed by atoms with Crippen LogP contribution in [0.15, 0.2) is 42.7 Å². The molecule has 0 aliphatic carbocycles. The van der Waals surface area contributed by atoms with Crippen LogP contribution in [0.5, 0.6) is 0 Å². The number of hydrogen-bond acceptors (Lipinski definition) is 5. The lowest BCUT2D eigenvalue weighted by Gasteiger charge is -2.31. The molecule has 0 bridgehead atoms. The minimum absolute atomic E-state index is 0.0319. The van der Waals surface area contributed by atoms with Gasteiger partial charge in [-0.3, -0.25) is 9.59 Å². The number of benzene rings is 1. The molecular formula is C24H29ClN6O2. The van der Waals surface area contributed by atoms with Crippen molar-refractivity contribution in [2.24, 2.45) is 5.92 Å². The molecule has 1 atom stereocenters.